The Morgan fingerprint density at radius 3 is 2.83 bits per heavy atom. The summed E-state index contributed by atoms with van der Waals surface area (Å²) in [5.41, 5.74) is 2.09. The van der Waals surface area contributed by atoms with E-state index in [4.69, 9.17) is 5.11 Å². The molecule has 2 amide bonds. The highest BCUT2D eigenvalue weighted by molar-refractivity contribution is 5.82. The lowest BCUT2D eigenvalue weighted by Gasteiger charge is -2.30. The number of amides is 2. The van der Waals surface area contributed by atoms with Crippen molar-refractivity contribution in [3.8, 4) is 0 Å². The van der Waals surface area contributed by atoms with Gasteiger partial charge in [-0.15, -0.1) is 0 Å². The van der Waals surface area contributed by atoms with Crippen LogP contribution in [0.5, 0.6) is 0 Å². The van der Waals surface area contributed by atoms with E-state index in [1.54, 1.807) is 4.90 Å². The molecule has 0 bridgehead atoms. The molecule has 1 unspecified atom stereocenters. The van der Waals surface area contributed by atoms with Crippen molar-refractivity contribution in [2.45, 2.75) is 25.0 Å². The molecule has 2 aliphatic heterocycles. The van der Waals surface area contributed by atoms with Crippen LogP contribution in [-0.2, 0) is 4.79 Å². The van der Waals surface area contributed by atoms with Crippen LogP contribution < -0.4 is 16.0 Å². The van der Waals surface area contributed by atoms with Gasteiger partial charge in [0.25, 0.3) is 0 Å². The van der Waals surface area contributed by atoms with E-state index in [1.807, 2.05) is 36.5 Å². The third-order valence-corrected chi connectivity index (χ3v) is 4.20. The van der Waals surface area contributed by atoms with Crippen LogP contribution in [-0.4, -0.2) is 47.3 Å². The Labute approximate surface area is 134 Å². The lowest BCUT2D eigenvalue weighted by Crippen LogP contribution is -2.53. The van der Waals surface area contributed by atoms with Gasteiger partial charge in [0, 0.05) is 12.7 Å². The van der Waals surface area contributed by atoms with Crippen molar-refractivity contribution in [1.29, 1.82) is 0 Å². The molecule has 23 heavy (non-hydrogen) atoms. The largest absolute Gasteiger partial charge is 0.465 e. The van der Waals surface area contributed by atoms with Crippen LogP contribution in [0.25, 0.3) is 5.70 Å². The van der Waals surface area contributed by atoms with Gasteiger partial charge >= 0.3 is 6.09 Å². The van der Waals surface area contributed by atoms with E-state index in [2.05, 4.69) is 16.0 Å². The molecule has 1 aromatic rings. The van der Waals surface area contributed by atoms with Crippen LogP contribution >= 0.6 is 0 Å². The maximum atomic E-state index is 12.2. The fraction of sp³-hybridized carbons (Fsp3) is 0.375. The maximum absolute atomic E-state index is 12.2. The van der Waals surface area contributed by atoms with Gasteiger partial charge in [-0.25, -0.2) is 4.79 Å². The maximum Gasteiger partial charge on any atom is 0.405 e. The summed E-state index contributed by atoms with van der Waals surface area (Å²) < 4.78 is 0. The second kappa shape index (κ2) is 6.60. The molecule has 0 spiro atoms. The quantitative estimate of drug-likeness (QED) is 0.658. The molecule has 0 aromatic heterocycles. The van der Waals surface area contributed by atoms with Gasteiger partial charge in [-0.3, -0.25) is 4.79 Å². The van der Waals surface area contributed by atoms with Crippen LogP contribution in [0.4, 0.5) is 4.79 Å². The lowest BCUT2D eigenvalue weighted by atomic mass is 10.1. The fourth-order valence-corrected chi connectivity index (χ4v) is 3.12. The third-order valence-electron chi connectivity index (χ3n) is 4.20. The number of carboxylic acid groups (broad SMARTS) is 1. The average Bonchev–Trinajstić information content (AvgIpc) is 3.22. The summed E-state index contributed by atoms with van der Waals surface area (Å²) in [6, 6.07) is 9.99. The molecule has 7 nitrogen and oxygen atoms in total. The smallest absolute Gasteiger partial charge is 0.405 e. The number of hydrogen-bond acceptors (Lipinski definition) is 4. The Bertz CT molecular complexity index is 617. The zero-order chi connectivity index (χ0) is 16.2. The molecule has 0 aliphatic carbocycles. The summed E-state index contributed by atoms with van der Waals surface area (Å²) in [5.74, 6) is -0.188. The second-order valence-corrected chi connectivity index (χ2v) is 5.67. The fourth-order valence-electron chi connectivity index (χ4n) is 3.12. The van der Waals surface area contributed by atoms with Crippen LogP contribution in [0.1, 0.15) is 18.4 Å². The van der Waals surface area contributed by atoms with Crippen molar-refractivity contribution in [2.75, 3.05) is 13.1 Å². The number of carbonyl (C=O) groups excluding carboxylic acids is 1. The lowest BCUT2D eigenvalue weighted by molar-refractivity contribution is -0.131. The van der Waals surface area contributed by atoms with E-state index in [0.29, 0.717) is 6.54 Å². The van der Waals surface area contributed by atoms with Gasteiger partial charge in [-0.1, -0.05) is 30.3 Å². The molecule has 2 heterocycles. The summed E-state index contributed by atoms with van der Waals surface area (Å²) in [7, 11) is 0. The number of nitrogens with one attached hydrogen (secondary N) is 3. The normalized spacial score (nSPS) is 23.0. The van der Waals surface area contributed by atoms with Gasteiger partial charge in [-0.05, 0) is 18.4 Å². The van der Waals surface area contributed by atoms with E-state index in [9.17, 15) is 9.59 Å². The molecule has 4 N–H and O–H groups in total. The molecule has 1 saturated heterocycles. The summed E-state index contributed by atoms with van der Waals surface area (Å²) in [5, 5.41) is 17.5. The predicted octanol–water partition coefficient (Wildman–Crippen LogP) is 0.762. The minimum atomic E-state index is -1.18. The molecule has 1 fully saturated rings. The third kappa shape index (κ3) is 3.39. The van der Waals surface area contributed by atoms with E-state index < -0.39 is 6.09 Å². The molecule has 1 aromatic carbocycles. The number of hydrogen-bond donors (Lipinski definition) is 4. The Morgan fingerprint density at radius 2 is 2.09 bits per heavy atom. The highest BCUT2D eigenvalue weighted by Crippen LogP contribution is 2.24. The molecule has 122 valence electrons. The van der Waals surface area contributed by atoms with Crippen LogP contribution in [0.15, 0.2) is 36.5 Å². The van der Waals surface area contributed by atoms with Crippen molar-refractivity contribution in [3.05, 3.63) is 42.1 Å². The predicted molar refractivity (Wildman–Crippen MR) is 85.2 cm³/mol. The summed E-state index contributed by atoms with van der Waals surface area (Å²) >= 11 is 0. The molecular weight excluding hydrogens is 296 g/mol. The molecule has 0 saturated carbocycles. The van der Waals surface area contributed by atoms with Crippen molar-refractivity contribution in [1.82, 2.24) is 20.9 Å². The first kappa shape index (κ1) is 15.2. The van der Waals surface area contributed by atoms with E-state index in [1.165, 1.54) is 0 Å². The summed E-state index contributed by atoms with van der Waals surface area (Å²) in [6.45, 7) is 0.475. The number of nitrogens with zero attached hydrogens (tertiary/aromatic N) is 1. The summed E-state index contributed by atoms with van der Waals surface area (Å²) in [4.78, 5) is 24.5. The van der Waals surface area contributed by atoms with Crippen molar-refractivity contribution >= 4 is 17.7 Å². The second-order valence-electron chi connectivity index (χ2n) is 5.67. The highest BCUT2D eigenvalue weighted by atomic mass is 16.4. The minimum Gasteiger partial charge on any atom is -0.465 e. The Kier molecular flexibility index (Phi) is 4.36. The topological polar surface area (TPSA) is 93.7 Å². The van der Waals surface area contributed by atoms with Crippen molar-refractivity contribution in [3.63, 3.8) is 0 Å². The average molecular weight is 316 g/mol. The highest BCUT2D eigenvalue weighted by Gasteiger charge is 2.36. The van der Waals surface area contributed by atoms with Gasteiger partial charge in [0.15, 0.2) is 0 Å². The van der Waals surface area contributed by atoms with Gasteiger partial charge in [0.05, 0.1) is 11.7 Å². The SMILES string of the molecule is O=C(O)NCC(=O)N1CCC[C@H]1C1NC=C(c2ccccc2)N1. The van der Waals surface area contributed by atoms with E-state index >= 15 is 0 Å². The number of benzene rings is 1. The van der Waals surface area contributed by atoms with Crippen LogP contribution in [0.2, 0.25) is 0 Å². The Morgan fingerprint density at radius 1 is 1.30 bits per heavy atom. The number of rotatable bonds is 4. The molecule has 2 atom stereocenters. The Balaban J connectivity index is 1.61. The minimum absolute atomic E-state index is 0.00978. The molecule has 2 aliphatic rings. The van der Waals surface area contributed by atoms with Crippen LogP contribution in [0.3, 0.4) is 0 Å². The van der Waals surface area contributed by atoms with Gasteiger partial charge in [-0.2, -0.15) is 0 Å². The zero-order valence-electron chi connectivity index (χ0n) is 12.7. The molecule has 3 rings (SSSR count). The Hall–Kier alpha value is -2.70. The summed E-state index contributed by atoms with van der Waals surface area (Å²) in [6.07, 6.45) is 2.50. The zero-order valence-corrected chi connectivity index (χ0v) is 12.7. The van der Waals surface area contributed by atoms with Gasteiger partial charge in [0.1, 0.15) is 12.7 Å². The first-order valence-corrected chi connectivity index (χ1v) is 7.69. The van der Waals surface area contributed by atoms with Gasteiger partial charge in [0.2, 0.25) is 5.91 Å². The first-order chi connectivity index (χ1) is 11.1. The number of likely N-dealkylation sites (tertiary alicyclic amines) is 1. The van der Waals surface area contributed by atoms with E-state index in [-0.39, 0.29) is 24.7 Å². The van der Waals surface area contributed by atoms with Crippen molar-refractivity contribution in [2.24, 2.45) is 0 Å². The first-order valence-electron chi connectivity index (χ1n) is 7.69. The molecular formula is C16H20N4O3. The standard InChI is InChI=1S/C16H20N4O3/c21-14(10-18-16(22)23)20-8-4-7-13(20)15-17-9-12(19-15)11-5-2-1-3-6-11/h1-3,5-6,9,13,15,17-19H,4,7-8,10H2,(H,22,23)/t13-,15?/m0/s1. The van der Waals surface area contributed by atoms with Crippen molar-refractivity contribution < 1.29 is 14.7 Å². The van der Waals surface area contributed by atoms with E-state index in [0.717, 1.165) is 24.1 Å². The monoisotopic (exact) mass is 316 g/mol. The van der Waals surface area contributed by atoms with Crippen LogP contribution in [0, 0.1) is 0 Å². The number of carbonyl (C=O) groups is 2. The van der Waals surface area contributed by atoms with Gasteiger partial charge < -0.3 is 26.0 Å². The molecule has 0 radical (unpaired) electrons. The molecule has 7 heteroatoms.